The zero-order chi connectivity index (χ0) is 19.2. The molecule has 0 fully saturated rings. The van der Waals surface area contributed by atoms with Crippen LogP contribution in [0.3, 0.4) is 0 Å². The molecule has 3 aromatic rings. The average Bonchev–Trinajstić information content (AvgIpc) is 3.11. The van der Waals surface area contributed by atoms with Crippen LogP contribution < -0.4 is 9.47 Å². The number of halogens is 1. The van der Waals surface area contributed by atoms with Gasteiger partial charge in [-0.25, -0.2) is 0 Å². The van der Waals surface area contributed by atoms with Crippen LogP contribution in [0.2, 0.25) is 4.34 Å². The molecule has 3 rings (SSSR count). The molecule has 0 unspecified atom stereocenters. The molecule has 0 aliphatic carbocycles. The van der Waals surface area contributed by atoms with Crippen molar-refractivity contribution in [1.29, 1.82) is 0 Å². The summed E-state index contributed by atoms with van der Waals surface area (Å²) in [5, 5.41) is 0. The highest BCUT2D eigenvalue weighted by Crippen LogP contribution is 2.30. The minimum Gasteiger partial charge on any atom is -0.493 e. The first-order valence-electron chi connectivity index (χ1n) is 8.41. The van der Waals surface area contributed by atoms with Crippen LogP contribution in [0.4, 0.5) is 0 Å². The van der Waals surface area contributed by atoms with Crippen molar-refractivity contribution in [3.05, 3.63) is 81.0 Å². The van der Waals surface area contributed by atoms with Gasteiger partial charge in [-0.05, 0) is 35.9 Å². The maximum Gasteiger partial charge on any atom is 0.254 e. The summed E-state index contributed by atoms with van der Waals surface area (Å²) >= 11 is 7.43. The average molecular weight is 402 g/mol. The second-order valence-corrected chi connectivity index (χ2v) is 7.81. The molecule has 0 aliphatic rings. The van der Waals surface area contributed by atoms with Crippen molar-refractivity contribution in [2.45, 2.75) is 13.2 Å². The number of hydrogen-bond donors (Lipinski definition) is 0. The van der Waals surface area contributed by atoms with Crippen LogP contribution in [0.5, 0.6) is 11.5 Å². The number of carbonyl (C=O) groups is 1. The third-order valence-corrected chi connectivity index (χ3v) is 5.23. The molecule has 0 atom stereocenters. The van der Waals surface area contributed by atoms with Crippen LogP contribution in [0, 0.1) is 0 Å². The second kappa shape index (κ2) is 8.93. The molecule has 0 N–H and O–H groups in total. The largest absolute Gasteiger partial charge is 0.493 e. The number of hydrogen-bond acceptors (Lipinski definition) is 4. The van der Waals surface area contributed by atoms with E-state index in [1.54, 1.807) is 37.3 Å². The molecule has 0 spiro atoms. The standard InChI is InChI=1S/C21H20ClNO3S/c1-23(13-17-9-11-20(22)27-17)21(24)16-8-10-18(19(12-16)25-2)26-14-15-6-4-3-5-7-15/h3-12H,13-14H2,1-2H3. The molecule has 0 saturated carbocycles. The lowest BCUT2D eigenvalue weighted by atomic mass is 10.1. The van der Waals surface area contributed by atoms with Gasteiger partial charge < -0.3 is 14.4 Å². The van der Waals surface area contributed by atoms with Gasteiger partial charge in [0, 0.05) is 17.5 Å². The van der Waals surface area contributed by atoms with E-state index in [1.165, 1.54) is 11.3 Å². The van der Waals surface area contributed by atoms with Gasteiger partial charge >= 0.3 is 0 Å². The number of nitrogens with zero attached hydrogens (tertiary/aromatic N) is 1. The molecule has 0 saturated heterocycles. The van der Waals surface area contributed by atoms with Crippen molar-refractivity contribution < 1.29 is 14.3 Å². The summed E-state index contributed by atoms with van der Waals surface area (Å²) in [6.45, 7) is 0.939. The normalized spacial score (nSPS) is 10.5. The van der Waals surface area contributed by atoms with E-state index in [2.05, 4.69) is 0 Å². The predicted octanol–water partition coefficient (Wildman–Crippen LogP) is 5.26. The van der Waals surface area contributed by atoms with Crippen molar-refractivity contribution >= 4 is 28.8 Å². The number of ether oxygens (including phenoxy) is 2. The van der Waals surface area contributed by atoms with Gasteiger partial charge in [0.25, 0.3) is 5.91 Å². The van der Waals surface area contributed by atoms with E-state index in [1.807, 2.05) is 42.5 Å². The number of thiophene rings is 1. The van der Waals surface area contributed by atoms with Crippen LogP contribution in [-0.2, 0) is 13.2 Å². The number of benzene rings is 2. The summed E-state index contributed by atoms with van der Waals surface area (Å²) in [6, 6.07) is 18.9. The molecule has 0 bridgehead atoms. The van der Waals surface area contributed by atoms with Crippen molar-refractivity contribution in [3.8, 4) is 11.5 Å². The lowest BCUT2D eigenvalue weighted by Gasteiger charge is -2.18. The van der Waals surface area contributed by atoms with Crippen molar-refractivity contribution in [2.75, 3.05) is 14.2 Å². The lowest BCUT2D eigenvalue weighted by molar-refractivity contribution is 0.0786. The highest BCUT2D eigenvalue weighted by atomic mass is 35.5. The summed E-state index contributed by atoms with van der Waals surface area (Å²) < 4.78 is 12.0. The van der Waals surface area contributed by atoms with E-state index in [0.29, 0.717) is 34.6 Å². The molecular formula is C21H20ClNO3S. The maximum absolute atomic E-state index is 12.7. The van der Waals surface area contributed by atoms with Crippen LogP contribution in [0.15, 0.2) is 60.7 Å². The van der Waals surface area contributed by atoms with E-state index in [4.69, 9.17) is 21.1 Å². The van der Waals surface area contributed by atoms with Gasteiger partial charge in [0.05, 0.1) is 18.0 Å². The molecule has 1 heterocycles. The van der Waals surface area contributed by atoms with E-state index in [0.717, 1.165) is 10.4 Å². The fourth-order valence-electron chi connectivity index (χ4n) is 2.62. The zero-order valence-corrected chi connectivity index (χ0v) is 16.7. The molecule has 6 heteroatoms. The molecule has 0 radical (unpaired) electrons. The van der Waals surface area contributed by atoms with Crippen LogP contribution in [0.25, 0.3) is 0 Å². The zero-order valence-electron chi connectivity index (χ0n) is 15.1. The Morgan fingerprint density at radius 2 is 1.85 bits per heavy atom. The fraction of sp³-hybridized carbons (Fsp3) is 0.190. The Morgan fingerprint density at radius 3 is 2.52 bits per heavy atom. The second-order valence-electron chi connectivity index (χ2n) is 6.01. The smallest absolute Gasteiger partial charge is 0.254 e. The predicted molar refractivity (Wildman–Crippen MR) is 109 cm³/mol. The highest BCUT2D eigenvalue weighted by Gasteiger charge is 2.16. The molecule has 1 amide bonds. The third kappa shape index (κ3) is 5.02. The summed E-state index contributed by atoms with van der Waals surface area (Å²) in [5.41, 5.74) is 1.61. The van der Waals surface area contributed by atoms with Crippen molar-refractivity contribution in [2.24, 2.45) is 0 Å². The molecular weight excluding hydrogens is 382 g/mol. The lowest BCUT2D eigenvalue weighted by Crippen LogP contribution is -2.25. The van der Waals surface area contributed by atoms with Gasteiger partial charge in [-0.15, -0.1) is 11.3 Å². The van der Waals surface area contributed by atoms with Crippen LogP contribution >= 0.6 is 22.9 Å². The fourth-order valence-corrected chi connectivity index (χ4v) is 3.76. The minimum absolute atomic E-state index is 0.0903. The van der Waals surface area contributed by atoms with E-state index >= 15 is 0 Å². The Bertz CT molecular complexity index is 911. The Hall–Kier alpha value is -2.50. The Kier molecular flexibility index (Phi) is 6.37. The van der Waals surface area contributed by atoms with Gasteiger partial charge in [-0.3, -0.25) is 4.79 Å². The third-order valence-electron chi connectivity index (χ3n) is 4.02. The van der Waals surface area contributed by atoms with E-state index < -0.39 is 0 Å². The van der Waals surface area contributed by atoms with Gasteiger partial charge in [0.15, 0.2) is 11.5 Å². The number of rotatable bonds is 7. The van der Waals surface area contributed by atoms with Gasteiger partial charge in [-0.1, -0.05) is 41.9 Å². The number of carbonyl (C=O) groups excluding carboxylic acids is 1. The van der Waals surface area contributed by atoms with Crippen molar-refractivity contribution in [3.63, 3.8) is 0 Å². The van der Waals surface area contributed by atoms with Crippen molar-refractivity contribution in [1.82, 2.24) is 4.90 Å². The van der Waals surface area contributed by atoms with Crippen LogP contribution in [-0.4, -0.2) is 25.0 Å². The summed E-state index contributed by atoms with van der Waals surface area (Å²) in [4.78, 5) is 15.4. The number of amides is 1. The first kappa shape index (κ1) is 19.3. The SMILES string of the molecule is COc1cc(C(=O)N(C)Cc2ccc(Cl)s2)ccc1OCc1ccccc1. The van der Waals surface area contributed by atoms with Crippen LogP contribution in [0.1, 0.15) is 20.8 Å². The number of methoxy groups -OCH3 is 1. The Labute approximate surface area is 167 Å². The minimum atomic E-state index is -0.0903. The molecule has 140 valence electrons. The Balaban J connectivity index is 1.69. The van der Waals surface area contributed by atoms with E-state index in [-0.39, 0.29) is 5.91 Å². The van der Waals surface area contributed by atoms with Gasteiger partial charge in [0.1, 0.15) is 6.61 Å². The highest BCUT2D eigenvalue weighted by molar-refractivity contribution is 7.16. The quantitative estimate of drug-likeness (QED) is 0.542. The van der Waals surface area contributed by atoms with E-state index in [9.17, 15) is 4.79 Å². The first-order chi connectivity index (χ1) is 13.1. The summed E-state index contributed by atoms with van der Waals surface area (Å²) in [5.74, 6) is 1.04. The van der Waals surface area contributed by atoms with Gasteiger partial charge in [-0.2, -0.15) is 0 Å². The summed E-state index contributed by atoms with van der Waals surface area (Å²) in [6.07, 6.45) is 0. The molecule has 1 aromatic heterocycles. The summed E-state index contributed by atoms with van der Waals surface area (Å²) in [7, 11) is 3.33. The molecule has 4 nitrogen and oxygen atoms in total. The monoisotopic (exact) mass is 401 g/mol. The molecule has 27 heavy (non-hydrogen) atoms. The molecule has 2 aromatic carbocycles. The van der Waals surface area contributed by atoms with Gasteiger partial charge in [0.2, 0.25) is 0 Å². The maximum atomic E-state index is 12.7. The molecule has 0 aliphatic heterocycles. The first-order valence-corrected chi connectivity index (χ1v) is 9.60. The topological polar surface area (TPSA) is 38.8 Å². The Morgan fingerprint density at radius 1 is 1.07 bits per heavy atom.